The van der Waals surface area contributed by atoms with Crippen molar-refractivity contribution in [3.05, 3.63) is 10.4 Å². The minimum atomic E-state index is -0.667. The third kappa shape index (κ3) is 9.87. The SMILES string of the molecule is CC1CCC(CCN=[N+]=[N-])CC1.[B]B([B])B(B([B])[B])B([B])[B]. The van der Waals surface area contributed by atoms with Gasteiger partial charge in [0.15, 0.2) is 0 Å². The average Bonchev–Trinajstić information content (AvgIpc) is 2.40. The van der Waals surface area contributed by atoms with E-state index in [1.807, 2.05) is 0 Å². The Morgan fingerprint density at radius 2 is 1.41 bits per heavy atom. The molecule has 1 rings (SSSR count). The highest BCUT2D eigenvalue weighted by Crippen LogP contribution is 2.30. The highest BCUT2D eigenvalue weighted by molar-refractivity contribution is 8.00. The maximum atomic E-state index is 8.10. The predicted octanol–water partition coefficient (Wildman–Crippen LogP) is -0.295. The van der Waals surface area contributed by atoms with Crippen molar-refractivity contribution in [1.29, 1.82) is 0 Å². The van der Waals surface area contributed by atoms with Gasteiger partial charge in [-0.3, -0.25) is 0 Å². The summed E-state index contributed by atoms with van der Waals surface area (Å²) in [5, 5.41) is 3.57. The molecule has 13 heteroatoms. The summed E-state index contributed by atoms with van der Waals surface area (Å²) in [4.78, 5) is 2.76. The van der Waals surface area contributed by atoms with Crippen molar-refractivity contribution in [2.75, 3.05) is 6.54 Å². The first-order chi connectivity index (χ1) is 10.3. The van der Waals surface area contributed by atoms with Gasteiger partial charge in [0.2, 0.25) is 0 Å². The Morgan fingerprint density at radius 3 is 1.73 bits per heavy atom. The van der Waals surface area contributed by atoms with E-state index in [0.29, 0.717) is 6.54 Å². The molecule has 12 radical (unpaired) electrons. The van der Waals surface area contributed by atoms with Gasteiger partial charge < -0.3 is 0 Å². The third-order valence-electron chi connectivity index (χ3n) is 4.17. The normalized spacial score (nSPS) is 19.9. The number of nitrogens with zero attached hydrogens (tertiary/aromatic N) is 3. The average molecular weight is 275 g/mol. The maximum absolute atomic E-state index is 8.10. The van der Waals surface area contributed by atoms with Crippen LogP contribution in [0, 0.1) is 11.8 Å². The number of hydrogen-bond acceptors (Lipinski definition) is 1. The fourth-order valence-electron chi connectivity index (χ4n) is 2.67. The highest BCUT2D eigenvalue weighted by atomic mass is 15.1. The van der Waals surface area contributed by atoms with Gasteiger partial charge in [0, 0.05) is 83.4 Å². The molecule has 3 nitrogen and oxygen atoms in total. The van der Waals surface area contributed by atoms with Crippen molar-refractivity contribution >= 4 is 72.0 Å². The van der Waals surface area contributed by atoms with Crippen molar-refractivity contribution in [2.24, 2.45) is 17.0 Å². The maximum Gasteiger partial charge on any atom is 0.0260 e. The summed E-state index contributed by atoms with van der Waals surface area (Å²) < 4.78 is 0. The molecular formula is C9H17B10N3. The van der Waals surface area contributed by atoms with Crippen molar-refractivity contribution in [2.45, 2.75) is 39.0 Å². The van der Waals surface area contributed by atoms with Gasteiger partial charge in [-0.25, -0.2) is 0 Å². The van der Waals surface area contributed by atoms with Crippen LogP contribution in [0.3, 0.4) is 0 Å². The van der Waals surface area contributed by atoms with E-state index in [-0.39, 0.29) is 0 Å². The van der Waals surface area contributed by atoms with Crippen LogP contribution in [-0.4, -0.2) is 78.5 Å². The molecule has 0 bridgehead atoms. The van der Waals surface area contributed by atoms with Crippen molar-refractivity contribution in [3.63, 3.8) is 0 Å². The van der Waals surface area contributed by atoms with Crippen LogP contribution in [0.1, 0.15) is 39.0 Å². The lowest BCUT2D eigenvalue weighted by atomic mass is 8.58. The second-order valence-corrected chi connectivity index (χ2v) is 6.18. The molecule has 0 N–H and O–H groups in total. The standard InChI is InChI=1S/C9H17N3.B10/c1-8-2-4-9(5-3-8)6-7-11-12-10;1-7(2)10(8(3)4)9(5)6/h8-9H,2-7H2,1H3;. The summed E-state index contributed by atoms with van der Waals surface area (Å²) in [6, 6.07) is 0. The van der Waals surface area contributed by atoms with E-state index in [1.54, 1.807) is 0 Å². The zero-order valence-electron chi connectivity index (χ0n) is 13.5. The van der Waals surface area contributed by atoms with E-state index in [4.69, 9.17) is 52.0 Å². The molecule has 1 fully saturated rings. The van der Waals surface area contributed by atoms with Gasteiger partial charge in [-0.15, -0.1) is 0 Å². The van der Waals surface area contributed by atoms with Gasteiger partial charge in [0.05, 0.1) is 0 Å². The van der Waals surface area contributed by atoms with Crippen LogP contribution in [0.25, 0.3) is 10.4 Å². The molecule has 0 unspecified atom stereocenters. The molecule has 1 aliphatic rings. The molecule has 0 atom stereocenters. The fraction of sp³-hybridized carbons (Fsp3) is 1.00. The Bertz CT molecular complexity index is 309. The molecule has 0 amide bonds. The molecule has 0 aromatic heterocycles. The van der Waals surface area contributed by atoms with Gasteiger partial charge in [-0.1, -0.05) is 37.7 Å². The monoisotopic (exact) mass is 277 g/mol. The summed E-state index contributed by atoms with van der Waals surface area (Å²) in [6.45, 7) is 3.01. The first kappa shape index (κ1) is 22.0. The van der Waals surface area contributed by atoms with Crippen LogP contribution in [-0.2, 0) is 0 Å². The summed E-state index contributed by atoms with van der Waals surface area (Å²) in [5.74, 6) is 1.74. The Labute approximate surface area is 145 Å². The smallest absolute Gasteiger partial charge is 0.0260 e. The van der Waals surface area contributed by atoms with E-state index < -0.39 is 25.5 Å². The molecule has 0 saturated heterocycles. The molecule has 1 saturated carbocycles. The van der Waals surface area contributed by atoms with Crippen molar-refractivity contribution in [1.82, 2.24) is 0 Å². The van der Waals surface area contributed by atoms with Crippen LogP contribution < -0.4 is 0 Å². The minimum Gasteiger partial charge on any atom is -0.0940 e. The van der Waals surface area contributed by atoms with Gasteiger partial charge in [-0.2, -0.15) is 0 Å². The van der Waals surface area contributed by atoms with Gasteiger partial charge in [0.25, 0.3) is 0 Å². The second kappa shape index (κ2) is 12.4. The van der Waals surface area contributed by atoms with E-state index in [1.165, 1.54) is 25.7 Å². The lowest BCUT2D eigenvalue weighted by Crippen LogP contribution is -2.62. The van der Waals surface area contributed by atoms with Gasteiger partial charge in [0.1, 0.15) is 0 Å². The van der Waals surface area contributed by atoms with Gasteiger partial charge >= 0.3 is 0 Å². The van der Waals surface area contributed by atoms with Crippen LogP contribution >= 0.6 is 0 Å². The Hall–Kier alpha value is -0.0406. The number of hydrogen-bond donors (Lipinski definition) is 0. The number of azide groups is 1. The zero-order chi connectivity index (χ0) is 17.1. The third-order valence-corrected chi connectivity index (χ3v) is 4.17. The quantitative estimate of drug-likeness (QED) is 0.277. The Kier molecular flexibility index (Phi) is 12.4. The van der Waals surface area contributed by atoms with Crippen LogP contribution in [0.5, 0.6) is 0 Å². The molecule has 0 aromatic rings. The van der Waals surface area contributed by atoms with Crippen molar-refractivity contribution in [3.8, 4) is 0 Å². The molecular weight excluding hydrogens is 258 g/mol. The van der Waals surface area contributed by atoms with E-state index in [0.717, 1.165) is 18.3 Å². The number of rotatable bonds is 6. The molecule has 22 heavy (non-hydrogen) atoms. The van der Waals surface area contributed by atoms with E-state index in [2.05, 4.69) is 16.9 Å². The van der Waals surface area contributed by atoms with E-state index >= 15 is 0 Å². The molecule has 0 aromatic carbocycles. The molecule has 0 heterocycles. The van der Waals surface area contributed by atoms with Gasteiger partial charge in [-0.05, 0) is 23.8 Å². The largest absolute Gasteiger partial charge is 0.0940 e. The summed E-state index contributed by atoms with van der Waals surface area (Å²) in [7, 11) is 31.8. The topological polar surface area (TPSA) is 48.8 Å². The van der Waals surface area contributed by atoms with Crippen LogP contribution in [0.2, 0.25) is 0 Å². The Morgan fingerprint density at radius 1 is 0.955 bits per heavy atom. The summed E-state index contributed by atoms with van der Waals surface area (Å²) >= 11 is 0. The minimum absolute atomic E-state index is 0.444. The first-order valence-electron chi connectivity index (χ1n) is 7.83. The van der Waals surface area contributed by atoms with Crippen LogP contribution in [0.15, 0.2) is 5.11 Å². The highest BCUT2D eigenvalue weighted by Gasteiger charge is 2.24. The fourth-order valence-corrected chi connectivity index (χ4v) is 2.67. The Balaban J connectivity index is 0.000000409. The summed E-state index contributed by atoms with van der Waals surface area (Å²) in [6.07, 6.45) is 4.04. The second-order valence-electron chi connectivity index (χ2n) is 6.18. The first-order valence-corrected chi connectivity index (χ1v) is 7.83. The predicted molar refractivity (Wildman–Crippen MR) is 107 cm³/mol. The molecule has 98 valence electrons. The van der Waals surface area contributed by atoms with Crippen molar-refractivity contribution < 1.29 is 0 Å². The van der Waals surface area contributed by atoms with Crippen LogP contribution in [0.4, 0.5) is 0 Å². The lowest BCUT2D eigenvalue weighted by Gasteiger charge is -2.25. The summed E-state index contributed by atoms with van der Waals surface area (Å²) in [5.41, 5.74) is 8.10. The van der Waals surface area contributed by atoms with E-state index in [9.17, 15) is 0 Å². The molecule has 0 aliphatic heterocycles. The zero-order valence-corrected chi connectivity index (χ0v) is 13.5. The molecule has 1 aliphatic carbocycles. The molecule has 0 spiro atoms. The lowest BCUT2D eigenvalue weighted by molar-refractivity contribution is 0.280.